The first-order valence-electron chi connectivity index (χ1n) is 16.5. The van der Waals surface area contributed by atoms with Gasteiger partial charge in [-0.05, 0) is 89.6 Å². The number of carboxylic acids is 1. The fraction of sp³-hybridized carbons (Fsp3) is 0.421. The highest BCUT2D eigenvalue weighted by molar-refractivity contribution is 5.94. The second-order valence-electron chi connectivity index (χ2n) is 14.0. The van der Waals surface area contributed by atoms with Crippen LogP contribution in [0, 0.1) is 19.7 Å². The van der Waals surface area contributed by atoms with Crippen molar-refractivity contribution in [3.05, 3.63) is 69.4 Å². The van der Waals surface area contributed by atoms with Crippen LogP contribution in [0.2, 0.25) is 0 Å². The zero-order chi connectivity index (χ0) is 34.5. The van der Waals surface area contributed by atoms with Crippen molar-refractivity contribution in [2.24, 2.45) is 7.05 Å². The van der Waals surface area contributed by atoms with Gasteiger partial charge in [-0.2, -0.15) is 9.49 Å². The van der Waals surface area contributed by atoms with E-state index in [-0.39, 0.29) is 36.2 Å². The van der Waals surface area contributed by atoms with Crippen molar-refractivity contribution in [2.75, 3.05) is 11.9 Å². The molecule has 2 aromatic carbocycles. The minimum Gasteiger partial charge on any atom is -0.490 e. The molecule has 48 heavy (non-hydrogen) atoms. The van der Waals surface area contributed by atoms with Crippen LogP contribution >= 0.6 is 0 Å². The van der Waals surface area contributed by atoms with E-state index in [4.69, 9.17) is 14.5 Å². The molecule has 2 aliphatic rings. The van der Waals surface area contributed by atoms with E-state index in [1.807, 2.05) is 65.9 Å². The van der Waals surface area contributed by atoms with Crippen molar-refractivity contribution in [3.8, 4) is 22.6 Å². The summed E-state index contributed by atoms with van der Waals surface area (Å²) < 4.78 is 30.5. The number of ether oxygens (including phenoxy) is 2. The van der Waals surface area contributed by atoms with Crippen molar-refractivity contribution in [3.63, 3.8) is 0 Å². The first-order valence-corrected chi connectivity index (χ1v) is 16.5. The van der Waals surface area contributed by atoms with Gasteiger partial charge in [0, 0.05) is 58.4 Å². The lowest BCUT2D eigenvalue weighted by atomic mass is 9.79. The molecule has 0 radical (unpaired) electrons. The summed E-state index contributed by atoms with van der Waals surface area (Å²) in [5.41, 5.74) is 7.42. The van der Waals surface area contributed by atoms with Crippen LogP contribution in [0.15, 0.2) is 30.0 Å². The Morgan fingerprint density at radius 3 is 2.71 bits per heavy atom. The standard InChI is InChI=1S/C38H43FN4O5/c1-20-15-23(10-13-30(44)42-25-11-12-29-24(17-25)19-40-43(29)7)16-28-33(27(18-31(45)46)22(3)41-35(20)28)32-21(2)26-9-8-14-47-36(26)34(39)37(32)48-38(4,5)6/h11-12,16-17,19-20H,8-10,13-15,18H2,1-7H3,(H,42,44)(H,45,46). The molecule has 1 aliphatic heterocycles. The number of carbonyl (C=O) groups excluding carboxylic acids is 1. The summed E-state index contributed by atoms with van der Waals surface area (Å²) in [6.07, 6.45) is 6.37. The number of nitrogens with one attached hydrogen (secondary N) is 1. The monoisotopic (exact) mass is 654 g/mol. The molecule has 1 amide bonds. The number of allylic oxidation sites excluding steroid dienone is 1. The quantitative estimate of drug-likeness (QED) is 0.199. The highest BCUT2D eigenvalue weighted by atomic mass is 19.1. The second kappa shape index (κ2) is 12.7. The van der Waals surface area contributed by atoms with Gasteiger partial charge in [-0.3, -0.25) is 19.3 Å². The predicted molar refractivity (Wildman–Crippen MR) is 184 cm³/mol. The zero-order valence-electron chi connectivity index (χ0n) is 28.7. The number of benzene rings is 2. The normalized spacial score (nSPS) is 15.8. The van der Waals surface area contributed by atoms with Crippen LogP contribution in [-0.4, -0.2) is 44.0 Å². The van der Waals surface area contributed by atoms with Gasteiger partial charge in [-0.1, -0.05) is 18.6 Å². The molecule has 0 saturated carbocycles. The summed E-state index contributed by atoms with van der Waals surface area (Å²) in [5.74, 6) is -1.44. The Labute approximate surface area is 280 Å². The number of anilines is 1. The number of hydrogen-bond acceptors (Lipinski definition) is 6. The lowest BCUT2D eigenvalue weighted by Crippen LogP contribution is -2.25. The molecule has 252 valence electrons. The van der Waals surface area contributed by atoms with E-state index >= 15 is 4.39 Å². The molecule has 1 aliphatic carbocycles. The molecule has 3 heterocycles. The Hall–Kier alpha value is -4.73. The summed E-state index contributed by atoms with van der Waals surface area (Å²) in [7, 11) is 1.88. The van der Waals surface area contributed by atoms with Crippen LogP contribution in [-0.2, 0) is 29.5 Å². The molecule has 2 aromatic heterocycles. The maximum absolute atomic E-state index is 16.5. The third-order valence-electron chi connectivity index (χ3n) is 9.19. The highest BCUT2D eigenvalue weighted by Crippen LogP contribution is 2.50. The molecule has 0 bridgehead atoms. The van der Waals surface area contributed by atoms with Gasteiger partial charge >= 0.3 is 5.97 Å². The van der Waals surface area contributed by atoms with Gasteiger partial charge in [-0.25, -0.2) is 0 Å². The number of aryl methyl sites for hydroxylation is 2. The van der Waals surface area contributed by atoms with Gasteiger partial charge < -0.3 is 19.9 Å². The fourth-order valence-electron chi connectivity index (χ4n) is 7.04. The molecule has 6 rings (SSSR count). The van der Waals surface area contributed by atoms with Crippen molar-refractivity contribution >= 4 is 34.5 Å². The number of aliphatic carboxylic acids is 1. The Balaban J connectivity index is 1.44. The van der Waals surface area contributed by atoms with E-state index in [9.17, 15) is 14.7 Å². The number of fused-ring (bicyclic) bond motifs is 3. The van der Waals surface area contributed by atoms with Crippen LogP contribution in [0.4, 0.5) is 10.1 Å². The van der Waals surface area contributed by atoms with Gasteiger partial charge in [0.1, 0.15) is 5.60 Å². The number of hydrogen-bond donors (Lipinski definition) is 2. The Kier molecular flexibility index (Phi) is 8.78. The number of carboxylic acid groups (broad SMARTS) is 1. The Bertz CT molecular complexity index is 1990. The van der Waals surface area contributed by atoms with E-state index in [1.165, 1.54) is 0 Å². The van der Waals surface area contributed by atoms with E-state index in [1.54, 1.807) is 10.9 Å². The summed E-state index contributed by atoms with van der Waals surface area (Å²) in [6.45, 7) is 11.8. The van der Waals surface area contributed by atoms with Gasteiger partial charge in [0.05, 0.1) is 30.4 Å². The van der Waals surface area contributed by atoms with Crippen LogP contribution in [0.5, 0.6) is 11.5 Å². The van der Waals surface area contributed by atoms with E-state index in [0.29, 0.717) is 53.9 Å². The Morgan fingerprint density at radius 2 is 1.98 bits per heavy atom. The summed E-state index contributed by atoms with van der Waals surface area (Å²) in [4.78, 5) is 30.3. The topological polar surface area (TPSA) is 116 Å². The SMILES string of the molecule is Cc1nc2c(c(-c3c(C)c4c(c(F)c3OC(C)(C)C)OCCC4)c1CC(=O)O)C=C(CCC(=O)Nc1ccc3c(cnn3C)c1)CC2C. The lowest BCUT2D eigenvalue weighted by molar-refractivity contribution is -0.136. The van der Waals surface area contributed by atoms with E-state index in [2.05, 4.69) is 17.3 Å². The van der Waals surface area contributed by atoms with Crippen LogP contribution in [0.3, 0.4) is 0 Å². The minimum absolute atomic E-state index is 0.00882. The largest absolute Gasteiger partial charge is 0.490 e. The fourth-order valence-corrected chi connectivity index (χ4v) is 7.04. The molecule has 0 saturated heterocycles. The van der Waals surface area contributed by atoms with Gasteiger partial charge in [0.2, 0.25) is 11.7 Å². The van der Waals surface area contributed by atoms with Gasteiger partial charge in [0.15, 0.2) is 11.5 Å². The lowest BCUT2D eigenvalue weighted by Gasteiger charge is -2.32. The number of halogens is 1. The number of carbonyl (C=O) groups is 2. The first-order chi connectivity index (χ1) is 22.7. The van der Waals surface area contributed by atoms with Crippen molar-refractivity contribution < 1.29 is 28.6 Å². The first kappa shape index (κ1) is 33.2. The third-order valence-corrected chi connectivity index (χ3v) is 9.19. The van der Waals surface area contributed by atoms with E-state index in [0.717, 1.165) is 45.3 Å². The number of aromatic nitrogens is 3. The van der Waals surface area contributed by atoms with Crippen LogP contribution < -0.4 is 14.8 Å². The highest BCUT2D eigenvalue weighted by Gasteiger charge is 2.34. The molecule has 0 spiro atoms. The molecule has 1 unspecified atom stereocenters. The van der Waals surface area contributed by atoms with Crippen molar-refractivity contribution in [1.29, 1.82) is 0 Å². The molecule has 2 N–H and O–H groups in total. The number of pyridine rings is 1. The van der Waals surface area contributed by atoms with Crippen molar-refractivity contribution in [1.82, 2.24) is 14.8 Å². The van der Waals surface area contributed by atoms with E-state index < -0.39 is 17.4 Å². The summed E-state index contributed by atoms with van der Waals surface area (Å²) in [5, 5.41) is 18.3. The Morgan fingerprint density at radius 1 is 1.21 bits per heavy atom. The number of nitrogens with zero attached hydrogens (tertiary/aromatic N) is 3. The number of amides is 1. The molecule has 10 heteroatoms. The van der Waals surface area contributed by atoms with Crippen molar-refractivity contribution in [2.45, 2.75) is 91.6 Å². The molecular weight excluding hydrogens is 611 g/mol. The molecule has 0 fully saturated rings. The summed E-state index contributed by atoms with van der Waals surface area (Å²) >= 11 is 0. The minimum atomic E-state index is -1.01. The molecule has 9 nitrogen and oxygen atoms in total. The smallest absolute Gasteiger partial charge is 0.307 e. The zero-order valence-corrected chi connectivity index (χ0v) is 28.7. The average molecular weight is 655 g/mol. The molecule has 4 aromatic rings. The molecular formula is C38H43FN4O5. The maximum atomic E-state index is 16.5. The van der Waals surface area contributed by atoms with Crippen LogP contribution in [0.25, 0.3) is 28.1 Å². The average Bonchev–Trinajstić information content (AvgIpc) is 3.39. The second-order valence-corrected chi connectivity index (χ2v) is 14.0. The number of rotatable bonds is 8. The molecule has 1 atom stereocenters. The predicted octanol–water partition coefficient (Wildman–Crippen LogP) is 7.83. The van der Waals surface area contributed by atoms with Crippen LogP contribution in [0.1, 0.15) is 92.9 Å². The maximum Gasteiger partial charge on any atom is 0.307 e. The van der Waals surface area contributed by atoms with Gasteiger partial charge in [0.25, 0.3) is 0 Å². The summed E-state index contributed by atoms with van der Waals surface area (Å²) in [6, 6.07) is 5.71. The third kappa shape index (κ3) is 6.40. The van der Waals surface area contributed by atoms with Gasteiger partial charge in [-0.15, -0.1) is 0 Å².